The molecule has 0 saturated heterocycles. The number of benzene rings is 1. The van der Waals surface area contributed by atoms with Crippen LogP contribution in [0.5, 0.6) is 0 Å². The summed E-state index contributed by atoms with van der Waals surface area (Å²) in [4.78, 5) is 24.3. The highest BCUT2D eigenvalue weighted by atomic mass is 16.3. The van der Waals surface area contributed by atoms with Crippen LogP contribution in [0.1, 0.15) is 44.5 Å². The van der Waals surface area contributed by atoms with E-state index < -0.39 is 5.41 Å². The van der Waals surface area contributed by atoms with E-state index in [2.05, 4.69) is 10.6 Å². The number of carbonyl (C=O) groups excluding carboxylic acids is 2. The Kier molecular flexibility index (Phi) is 5.90. The number of para-hydroxylation sites is 1. The Morgan fingerprint density at radius 1 is 1.24 bits per heavy atom. The number of nitrogens with one attached hydrogen (secondary N) is 2. The second-order valence-corrected chi connectivity index (χ2v) is 6.14. The fourth-order valence-electron chi connectivity index (χ4n) is 1.67. The molecule has 0 saturated carbocycles. The van der Waals surface area contributed by atoms with Gasteiger partial charge in [0.1, 0.15) is 0 Å². The zero-order chi connectivity index (χ0) is 16.0. The van der Waals surface area contributed by atoms with Crippen molar-refractivity contribution < 1.29 is 14.7 Å². The van der Waals surface area contributed by atoms with Gasteiger partial charge < -0.3 is 15.7 Å². The van der Waals surface area contributed by atoms with Gasteiger partial charge >= 0.3 is 0 Å². The molecule has 1 aromatic rings. The van der Waals surface area contributed by atoms with E-state index in [1.165, 1.54) is 0 Å². The predicted octanol–water partition coefficient (Wildman–Crippen LogP) is 2.17. The van der Waals surface area contributed by atoms with E-state index in [-0.39, 0.29) is 24.5 Å². The molecule has 0 radical (unpaired) electrons. The first-order valence-corrected chi connectivity index (χ1v) is 7.08. The third-order valence-electron chi connectivity index (χ3n) is 3.04. The van der Waals surface area contributed by atoms with E-state index in [4.69, 9.17) is 5.11 Å². The van der Waals surface area contributed by atoms with Crippen molar-refractivity contribution in [3.63, 3.8) is 0 Å². The van der Waals surface area contributed by atoms with Gasteiger partial charge in [-0.2, -0.15) is 0 Å². The molecule has 5 heteroatoms. The molecule has 0 aromatic heterocycles. The number of rotatable bonds is 5. The summed E-state index contributed by atoms with van der Waals surface area (Å²) in [5.41, 5.74) is 0.374. The van der Waals surface area contributed by atoms with Crippen LogP contribution in [0.2, 0.25) is 0 Å². The minimum absolute atomic E-state index is 0.0177. The van der Waals surface area contributed by atoms with Crippen LogP contribution in [0.3, 0.4) is 0 Å². The van der Waals surface area contributed by atoms with Gasteiger partial charge in [0, 0.05) is 18.1 Å². The lowest BCUT2D eigenvalue weighted by Crippen LogP contribution is -2.34. The molecule has 116 valence electrons. The fraction of sp³-hybridized carbons (Fsp3) is 0.500. The van der Waals surface area contributed by atoms with Gasteiger partial charge in [0.15, 0.2) is 0 Å². The molecule has 0 heterocycles. The molecule has 1 unspecified atom stereocenters. The Bertz CT molecular complexity index is 506. The maximum atomic E-state index is 12.2. The highest BCUT2D eigenvalue weighted by Crippen LogP contribution is 2.20. The molecule has 0 spiro atoms. The Hall–Kier alpha value is -1.88. The van der Waals surface area contributed by atoms with E-state index in [1.54, 1.807) is 24.3 Å². The van der Waals surface area contributed by atoms with Gasteiger partial charge in [-0.05, 0) is 25.5 Å². The van der Waals surface area contributed by atoms with Gasteiger partial charge in [-0.3, -0.25) is 9.59 Å². The number of aliphatic hydroxyl groups is 1. The summed E-state index contributed by atoms with van der Waals surface area (Å²) in [5.74, 6) is -0.410. The summed E-state index contributed by atoms with van der Waals surface area (Å²) in [7, 11) is 0. The highest BCUT2D eigenvalue weighted by molar-refractivity contribution is 6.04. The minimum Gasteiger partial charge on any atom is -0.396 e. The van der Waals surface area contributed by atoms with Gasteiger partial charge in [-0.15, -0.1) is 0 Å². The van der Waals surface area contributed by atoms with Crippen molar-refractivity contribution in [3.8, 4) is 0 Å². The van der Waals surface area contributed by atoms with Crippen LogP contribution in [0.4, 0.5) is 5.69 Å². The quantitative estimate of drug-likeness (QED) is 0.778. The third-order valence-corrected chi connectivity index (χ3v) is 3.04. The molecule has 21 heavy (non-hydrogen) atoms. The smallest absolute Gasteiger partial charge is 0.253 e. The lowest BCUT2D eigenvalue weighted by atomic mass is 9.95. The molecule has 0 aliphatic carbocycles. The van der Waals surface area contributed by atoms with Crippen molar-refractivity contribution in [2.75, 3.05) is 11.9 Å². The van der Waals surface area contributed by atoms with Crippen molar-refractivity contribution in [2.24, 2.45) is 5.41 Å². The standard InChI is InChI=1S/C16H24N2O3/c1-11(9-10-19)17-14(20)12-7-5-6-8-13(12)18-15(21)16(2,3)4/h5-8,11,19H,9-10H2,1-4H3,(H,17,20)(H,18,21). The Labute approximate surface area is 125 Å². The molecule has 2 amide bonds. The zero-order valence-corrected chi connectivity index (χ0v) is 13.1. The van der Waals surface area contributed by atoms with Crippen molar-refractivity contribution in [1.82, 2.24) is 5.32 Å². The molecule has 0 aliphatic rings. The summed E-state index contributed by atoms with van der Waals surface area (Å²) in [5, 5.41) is 14.5. The van der Waals surface area contributed by atoms with Crippen LogP contribution in [0.15, 0.2) is 24.3 Å². The first kappa shape index (κ1) is 17.2. The SMILES string of the molecule is CC(CCO)NC(=O)c1ccccc1NC(=O)C(C)(C)C. The molecular formula is C16H24N2O3. The van der Waals surface area contributed by atoms with E-state index in [0.717, 1.165) is 0 Å². The first-order valence-electron chi connectivity index (χ1n) is 7.08. The lowest BCUT2D eigenvalue weighted by molar-refractivity contribution is -0.123. The summed E-state index contributed by atoms with van der Waals surface area (Å²) >= 11 is 0. The zero-order valence-electron chi connectivity index (χ0n) is 13.1. The van der Waals surface area contributed by atoms with Gasteiger partial charge in [0.2, 0.25) is 5.91 Å². The van der Waals surface area contributed by atoms with Crippen LogP contribution in [-0.4, -0.2) is 29.6 Å². The van der Waals surface area contributed by atoms with Crippen LogP contribution in [0.25, 0.3) is 0 Å². The number of amides is 2. The molecule has 1 aromatic carbocycles. The summed E-state index contributed by atoms with van der Waals surface area (Å²) in [6, 6.07) is 6.76. The van der Waals surface area contributed by atoms with E-state index in [1.807, 2.05) is 27.7 Å². The third kappa shape index (κ3) is 5.19. The molecule has 1 rings (SSSR count). The van der Waals surface area contributed by atoms with Crippen molar-refractivity contribution >= 4 is 17.5 Å². The van der Waals surface area contributed by atoms with E-state index in [9.17, 15) is 9.59 Å². The topological polar surface area (TPSA) is 78.4 Å². The number of hydrogen-bond acceptors (Lipinski definition) is 3. The number of aliphatic hydroxyl groups excluding tert-OH is 1. The molecule has 3 N–H and O–H groups in total. The van der Waals surface area contributed by atoms with Crippen LogP contribution in [-0.2, 0) is 4.79 Å². The summed E-state index contributed by atoms with van der Waals surface area (Å²) in [6.45, 7) is 7.28. The average molecular weight is 292 g/mol. The van der Waals surface area contributed by atoms with Crippen molar-refractivity contribution in [1.29, 1.82) is 0 Å². The molecule has 0 bridgehead atoms. The van der Waals surface area contributed by atoms with Crippen LogP contribution >= 0.6 is 0 Å². The molecular weight excluding hydrogens is 268 g/mol. The maximum Gasteiger partial charge on any atom is 0.253 e. The molecule has 0 aliphatic heterocycles. The number of carbonyl (C=O) groups is 2. The lowest BCUT2D eigenvalue weighted by Gasteiger charge is -2.20. The Balaban J connectivity index is 2.89. The van der Waals surface area contributed by atoms with Crippen molar-refractivity contribution in [3.05, 3.63) is 29.8 Å². The molecule has 0 fully saturated rings. The Morgan fingerprint density at radius 2 is 1.86 bits per heavy atom. The summed E-state index contributed by atoms with van der Waals surface area (Å²) in [6.07, 6.45) is 0.488. The van der Waals surface area contributed by atoms with Gasteiger partial charge in [-0.25, -0.2) is 0 Å². The minimum atomic E-state index is -0.534. The predicted molar refractivity (Wildman–Crippen MR) is 83.2 cm³/mol. The van der Waals surface area contributed by atoms with Gasteiger partial charge in [-0.1, -0.05) is 32.9 Å². The summed E-state index contributed by atoms with van der Waals surface area (Å²) < 4.78 is 0. The first-order chi connectivity index (χ1) is 9.75. The molecule has 5 nitrogen and oxygen atoms in total. The second kappa shape index (κ2) is 7.22. The van der Waals surface area contributed by atoms with Gasteiger partial charge in [0.05, 0.1) is 11.3 Å². The normalized spacial score (nSPS) is 12.6. The average Bonchev–Trinajstić information content (AvgIpc) is 2.38. The monoisotopic (exact) mass is 292 g/mol. The number of hydrogen-bond donors (Lipinski definition) is 3. The van der Waals surface area contributed by atoms with Gasteiger partial charge in [0.25, 0.3) is 5.91 Å². The van der Waals surface area contributed by atoms with Crippen molar-refractivity contribution in [2.45, 2.75) is 40.2 Å². The number of anilines is 1. The largest absolute Gasteiger partial charge is 0.396 e. The second-order valence-electron chi connectivity index (χ2n) is 6.14. The van der Waals surface area contributed by atoms with E-state index in [0.29, 0.717) is 17.7 Å². The van der Waals surface area contributed by atoms with Crippen LogP contribution in [0, 0.1) is 5.41 Å². The van der Waals surface area contributed by atoms with Crippen LogP contribution < -0.4 is 10.6 Å². The van der Waals surface area contributed by atoms with E-state index >= 15 is 0 Å². The maximum absolute atomic E-state index is 12.2. The fourth-order valence-corrected chi connectivity index (χ4v) is 1.67. The Morgan fingerprint density at radius 3 is 2.43 bits per heavy atom. The highest BCUT2D eigenvalue weighted by Gasteiger charge is 2.23. The molecule has 1 atom stereocenters.